The van der Waals surface area contributed by atoms with Gasteiger partial charge in [0.1, 0.15) is 5.69 Å². The molecule has 0 saturated carbocycles. The molecule has 1 aromatic rings. The van der Waals surface area contributed by atoms with E-state index in [2.05, 4.69) is 11.9 Å². The van der Waals surface area contributed by atoms with E-state index in [-0.39, 0.29) is 5.97 Å². The normalized spacial score (nSPS) is 19.7. The van der Waals surface area contributed by atoms with E-state index in [1.54, 1.807) is 0 Å². The van der Waals surface area contributed by atoms with E-state index >= 15 is 0 Å². The molecule has 2 rings (SSSR count). The van der Waals surface area contributed by atoms with Gasteiger partial charge in [-0.1, -0.05) is 6.92 Å². The first-order valence-corrected chi connectivity index (χ1v) is 5.61. The first-order chi connectivity index (χ1) is 7.22. The number of aromatic nitrogens is 1. The number of aryl methyl sites for hydroxylation is 1. The van der Waals surface area contributed by atoms with Gasteiger partial charge < -0.3 is 9.72 Å². The molecular weight excluding hydrogens is 190 g/mol. The van der Waals surface area contributed by atoms with E-state index in [1.807, 2.05) is 13.0 Å². The van der Waals surface area contributed by atoms with Crippen LogP contribution in [-0.4, -0.2) is 17.6 Å². The Morgan fingerprint density at radius 3 is 3.13 bits per heavy atom. The molecule has 0 amide bonds. The number of carbonyl (C=O) groups is 1. The van der Waals surface area contributed by atoms with Gasteiger partial charge in [0.15, 0.2) is 0 Å². The van der Waals surface area contributed by atoms with Gasteiger partial charge >= 0.3 is 5.97 Å². The van der Waals surface area contributed by atoms with Crippen molar-refractivity contribution in [3.05, 3.63) is 23.0 Å². The molecule has 1 heterocycles. The molecule has 0 radical (unpaired) electrons. The van der Waals surface area contributed by atoms with Crippen LogP contribution in [0.25, 0.3) is 0 Å². The standard InChI is InChI=1S/C12H17NO2/c1-3-15-12(14)11-7-9-8(2)5-4-6-10(9)13-11/h7-8,13H,3-6H2,1-2H3. The lowest BCUT2D eigenvalue weighted by Crippen LogP contribution is -2.05. The lowest BCUT2D eigenvalue weighted by molar-refractivity contribution is 0.0520. The van der Waals surface area contributed by atoms with Gasteiger partial charge in [-0.2, -0.15) is 0 Å². The zero-order valence-corrected chi connectivity index (χ0v) is 9.30. The van der Waals surface area contributed by atoms with Gasteiger partial charge in [-0.05, 0) is 43.7 Å². The smallest absolute Gasteiger partial charge is 0.354 e. The summed E-state index contributed by atoms with van der Waals surface area (Å²) in [4.78, 5) is 14.7. The lowest BCUT2D eigenvalue weighted by Gasteiger charge is -2.17. The number of H-pyrrole nitrogens is 1. The van der Waals surface area contributed by atoms with Crippen molar-refractivity contribution in [1.82, 2.24) is 4.98 Å². The Balaban J connectivity index is 2.25. The topological polar surface area (TPSA) is 42.1 Å². The minimum Gasteiger partial charge on any atom is -0.461 e. The number of fused-ring (bicyclic) bond motifs is 1. The fourth-order valence-electron chi connectivity index (χ4n) is 2.22. The van der Waals surface area contributed by atoms with Gasteiger partial charge in [0, 0.05) is 5.69 Å². The van der Waals surface area contributed by atoms with Crippen molar-refractivity contribution in [3.63, 3.8) is 0 Å². The van der Waals surface area contributed by atoms with Gasteiger partial charge in [0.25, 0.3) is 0 Å². The first kappa shape index (κ1) is 10.3. The predicted octanol–water partition coefficient (Wildman–Crippen LogP) is 2.63. The Morgan fingerprint density at radius 2 is 2.47 bits per heavy atom. The second-order valence-corrected chi connectivity index (χ2v) is 4.13. The minimum atomic E-state index is -0.237. The van der Waals surface area contributed by atoms with Crippen molar-refractivity contribution in [2.75, 3.05) is 6.61 Å². The molecule has 3 heteroatoms. The highest BCUT2D eigenvalue weighted by atomic mass is 16.5. The van der Waals surface area contributed by atoms with E-state index in [0.717, 1.165) is 6.42 Å². The van der Waals surface area contributed by atoms with Gasteiger partial charge in [0.2, 0.25) is 0 Å². The van der Waals surface area contributed by atoms with Crippen LogP contribution in [0.4, 0.5) is 0 Å². The lowest BCUT2D eigenvalue weighted by atomic mass is 9.88. The third-order valence-corrected chi connectivity index (χ3v) is 3.02. The summed E-state index contributed by atoms with van der Waals surface area (Å²) in [6.45, 7) is 4.46. The summed E-state index contributed by atoms with van der Waals surface area (Å²) < 4.78 is 4.97. The summed E-state index contributed by atoms with van der Waals surface area (Å²) >= 11 is 0. The van der Waals surface area contributed by atoms with Crippen LogP contribution in [-0.2, 0) is 11.2 Å². The van der Waals surface area contributed by atoms with Crippen LogP contribution in [0.15, 0.2) is 6.07 Å². The quantitative estimate of drug-likeness (QED) is 0.757. The molecule has 1 unspecified atom stereocenters. The summed E-state index contributed by atoms with van der Waals surface area (Å²) in [5.41, 5.74) is 3.12. The maximum absolute atomic E-state index is 11.5. The number of aromatic amines is 1. The first-order valence-electron chi connectivity index (χ1n) is 5.61. The second kappa shape index (κ2) is 4.09. The summed E-state index contributed by atoms with van der Waals surface area (Å²) in [6, 6.07) is 1.96. The molecule has 1 N–H and O–H groups in total. The van der Waals surface area contributed by atoms with Crippen molar-refractivity contribution in [2.45, 2.75) is 39.0 Å². The van der Waals surface area contributed by atoms with Gasteiger partial charge in [-0.3, -0.25) is 0 Å². The monoisotopic (exact) mass is 207 g/mol. The van der Waals surface area contributed by atoms with Crippen LogP contribution in [0.3, 0.4) is 0 Å². The van der Waals surface area contributed by atoms with Crippen molar-refractivity contribution in [2.24, 2.45) is 0 Å². The Kier molecular flexibility index (Phi) is 2.80. The highest BCUT2D eigenvalue weighted by molar-refractivity contribution is 5.88. The van der Waals surface area contributed by atoms with Crippen molar-refractivity contribution in [1.29, 1.82) is 0 Å². The third kappa shape index (κ3) is 1.91. The maximum Gasteiger partial charge on any atom is 0.354 e. The molecule has 0 saturated heterocycles. The molecule has 0 spiro atoms. The van der Waals surface area contributed by atoms with Crippen LogP contribution in [0, 0.1) is 0 Å². The Hall–Kier alpha value is -1.25. The van der Waals surface area contributed by atoms with E-state index in [1.165, 1.54) is 24.1 Å². The SMILES string of the molecule is CCOC(=O)c1cc2c([nH]1)CCCC2C. The van der Waals surface area contributed by atoms with Crippen LogP contribution >= 0.6 is 0 Å². The second-order valence-electron chi connectivity index (χ2n) is 4.13. The predicted molar refractivity (Wildman–Crippen MR) is 58.1 cm³/mol. The molecular formula is C12H17NO2. The molecule has 1 aliphatic rings. The molecule has 82 valence electrons. The molecule has 1 aliphatic carbocycles. The molecule has 0 aliphatic heterocycles. The number of hydrogen-bond donors (Lipinski definition) is 1. The van der Waals surface area contributed by atoms with Gasteiger partial charge in [-0.15, -0.1) is 0 Å². The summed E-state index contributed by atoms with van der Waals surface area (Å²) in [7, 11) is 0. The van der Waals surface area contributed by atoms with E-state index in [0.29, 0.717) is 18.2 Å². The van der Waals surface area contributed by atoms with Gasteiger partial charge in [0.05, 0.1) is 6.61 Å². The summed E-state index contributed by atoms with van der Waals surface area (Å²) in [6.07, 6.45) is 3.48. The minimum absolute atomic E-state index is 0.237. The average molecular weight is 207 g/mol. The number of esters is 1. The number of rotatable bonds is 2. The zero-order chi connectivity index (χ0) is 10.8. The van der Waals surface area contributed by atoms with Gasteiger partial charge in [-0.25, -0.2) is 4.79 Å². The Bertz CT molecular complexity index is 368. The number of ether oxygens (including phenoxy) is 1. The molecule has 0 fully saturated rings. The average Bonchev–Trinajstić information content (AvgIpc) is 2.63. The summed E-state index contributed by atoms with van der Waals surface area (Å²) in [5, 5.41) is 0. The maximum atomic E-state index is 11.5. The highest BCUT2D eigenvalue weighted by Crippen LogP contribution is 2.31. The third-order valence-electron chi connectivity index (χ3n) is 3.02. The van der Waals surface area contributed by atoms with Crippen LogP contribution < -0.4 is 0 Å². The molecule has 3 nitrogen and oxygen atoms in total. The van der Waals surface area contributed by atoms with Crippen molar-refractivity contribution in [3.8, 4) is 0 Å². The Morgan fingerprint density at radius 1 is 1.67 bits per heavy atom. The van der Waals surface area contributed by atoms with E-state index < -0.39 is 0 Å². The zero-order valence-electron chi connectivity index (χ0n) is 9.30. The molecule has 0 aromatic carbocycles. The molecule has 15 heavy (non-hydrogen) atoms. The van der Waals surface area contributed by atoms with Crippen molar-refractivity contribution >= 4 is 5.97 Å². The highest BCUT2D eigenvalue weighted by Gasteiger charge is 2.21. The molecule has 1 aromatic heterocycles. The summed E-state index contributed by atoms with van der Waals surface area (Å²) in [5.74, 6) is 0.326. The fraction of sp³-hybridized carbons (Fsp3) is 0.583. The van der Waals surface area contributed by atoms with Crippen LogP contribution in [0.2, 0.25) is 0 Å². The molecule has 1 atom stereocenters. The largest absolute Gasteiger partial charge is 0.461 e. The Labute approximate surface area is 89.8 Å². The van der Waals surface area contributed by atoms with Crippen LogP contribution in [0.1, 0.15) is 54.4 Å². The molecule has 0 bridgehead atoms. The fourth-order valence-corrected chi connectivity index (χ4v) is 2.22. The number of carbonyl (C=O) groups excluding carboxylic acids is 1. The number of hydrogen-bond acceptors (Lipinski definition) is 2. The van der Waals surface area contributed by atoms with E-state index in [4.69, 9.17) is 4.74 Å². The number of nitrogens with one attached hydrogen (secondary N) is 1. The van der Waals surface area contributed by atoms with E-state index in [9.17, 15) is 4.79 Å². The van der Waals surface area contributed by atoms with Crippen molar-refractivity contribution < 1.29 is 9.53 Å². The van der Waals surface area contributed by atoms with Crippen LogP contribution in [0.5, 0.6) is 0 Å².